The van der Waals surface area contributed by atoms with E-state index in [2.05, 4.69) is 27.4 Å². The first-order valence-electron chi connectivity index (χ1n) is 13.2. The van der Waals surface area contributed by atoms with Crippen LogP contribution in [-0.2, 0) is 7.05 Å². The second-order valence-corrected chi connectivity index (χ2v) is 11.1. The Balaban J connectivity index is 1.37. The van der Waals surface area contributed by atoms with Gasteiger partial charge >= 0.3 is 5.92 Å². The number of pyridine rings is 1. The van der Waals surface area contributed by atoms with Gasteiger partial charge in [-0.15, -0.1) is 0 Å². The maximum absolute atomic E-state index is 14.9. The maximum atomic E-state index is 14.9. The molecule has 0 spiro atoms. The maximum Gasteiger partial charge on any atom is 0.301 e. The number of piperidine rings is 1. The number of nitrogens with one attached hydrogen (secondary N) is 2. The molecule has 1 aliphatic carbocycles. The van der Waals surface area contributed by atoms with E-state index < -0.39 is 24.1 Å². The predicted octanol–water partition coefficient (Wildman–Crippen LogP) is 5.57. The van der Waals surface area contributed by atoms with Crippen LogP contribution in [0.25, 0.3) is 10.9 Å². The van der Waals surface area contributed by atoms with E-state index in [4.69, 9.17) is 21.3 Å². The van der Waals surface area contributed by atoms with E-state index in [-0.39, 0.29) is 11.7 Å². The first-order valence-corrected chi connectivity index (χ1v) is 13.6. The van der Waals surface area contributed by atoms with Gasteiger partial charge in [-0.25, -0.2) is 13.8 Å². The van der Waals surface area contributed by atoms with E-state index in [1.54, 1.807) is 19.3 Å². The minimum absolute atomic E-state index is 0.0853. The predicted molar refractivity (Wildman–Crippen MR) is 145 cm³/mol. The lowest BCUT2D eigenvalue weighted by atomic mass is 9.96. The van der Waals surface area contributed by atoms with Crippen molar-refractivity contribution in [2.75, 3.05) is 35.2 Å². The van der Waals surface area contributed by atoms with Crippen LogP contribution in [-0.4, -0.2) is 46.2 Å². The highest BCUT2D eigenvalue weighted by atomic mass is 35.5. The van der Waals surface area contributed by atoms with E-state index in [0.717, 1.165) is 38.8 Å². The molecule has 38 heavy (non-hydrogen) atoms. The number of halogens is 3. The van der Waals surface area contributed by atoms with Gasteiger partial charge < -0.3 is 24.8 Å². The SMILES string of the molecule is CC[C@@H]1CCCN(c2ncc(Cl)c(Nc3ccc4c(c3)c3c(c(=O)n4C)OCC(F)(F)[C@H](C4CC4)N3)n2)C1. The lowest BCUT2D eigenvalue weighted by Crippen LogP contribution is -2.44. The number of aryl methyl sites for hydroxylation is 1. The molecule has 1 aromatic carbocycles. The summed E-state index contributed by atoms with van der Waals surface area (Å²) < 4.78 is 36.7. The zero-order chi connectivity index (χ0) is 26.6. The zero-order valence-electron chi connectivity index (χ0n) is 21.4. The summed E-state index contributed by atoms with van der Waals surface area (Å²) in [7, 11) is 1.61. The minimum Gasteiger partial charge on any atom is -0.480 e. The largest absolute Gasteiger partial charge is 0.480 e. The summed E-state index contributed by atoms with van der Waals surface area (Å²) in [5.41, 5.74) is 1.09. The van der Waals surface area contributed by atoms with Crippen LogP contribution in [0.5, 0.6) is 5.75 Å². The van der Waals surface area contributed by atoms with Crippen molar-refractivity contribution >= 4 is 45.6 Å². The van der Waals surface area contributed by atoms with Crippen LogP contribution in [0.3, 0.4) is 0 Å². The molecule has 0 amide bonds. The van der Waals surface area contributed by atoms with Gasteiger partial charge in [0.25, 0.3) is 5.56 Å². The molecule has 1 saturated carbocycles. The van der Waals surface area contributed by atoms with Crippen LogP contribution < -0.4 is 25.8 Å². The van der Waals surface area contributed by atoms with Crippen LogP contribution in [0.15, 0.2) is 29.2 Å². The Bertz CT molecular complexity index is 1440. The second kappa shape index (κ2) is 9.55. The normalized spacial score (nSPS) is 22.8. The molecule has 8 nitrogen and oxygen atoms in total. The lowest BCUT2D eigenvalue weighted by Gasteiger charge is -2.32. The first-order chi connectivity index (χ1) is 18.2. The van der Waals surface area contributed by atoms with Crippen molar-refractivity contribution in [1.29, 1.82) is 0 Å². The number of aromatic nitrogens is 3. The average molecular weight is 545 g/mol. The topological polar surface area (TPSA) is 84.3 Å². The van der Waals surface area contributed by atoms with Crippen LogP contribution in [0.2, 0.25) is 5.02 Å². The van der Waals surface area contributed by atoms with Crippen molar-refractivity contribution in [3.05, 3.63) is 39.8 Å². The monoisotopic (exact) mass is 544 g/mol. The third-order valence-electron chi connectivity index (χ3n) is 7.98. The van der Waals surface area contributed by atoms with Gasteiger partial charge in [0.15, 0.2) is 12.4 Å². The summed E-state index contributed by atoms with van der Waals surface area (Å²) in [5, 5.41) is 7.25. The fraction of sp³-hybridized carbons (Fsp3) is 0.519. The Labute approximate surface area is 224 Å². The van der Waals surface area contributed by atoms with Gasteiger partial charge in [-0.2, -0.15) is 4.98 Å². The third-order valence-corrected chi connectivity index (χ3v) is 8.26. The molecule has 3 aliphatic rings. The van der Waals surface area contributed by atoms with Gasteiger partial charge in [0, 0.05) is 31.2 Å². The molecule has 0 radical (unpaired) electrons. The molecule has 11 heteroatoms. The Morgan fingerprint density at radius 2 is 2.11 bits per heavy atom. The number of ether oxygens (including phenoxy) is 1. The molecule has 0 unspecified atom stereocenters. The van der Waals surface area contributed by atoms with Crippen molar-refractivity contribution in [3.8, 4) is 5.75 Å². The smallest absolute Gasteiger partial charge is 0.301 e. The van der Waals surface area contributed by atoms with Crippen LogP contribution in [0.4, 0.5) is 31.9 Å². The second-order valence-electron chi connectivity index (χ2n) is 10.7. The van der Waals surface area contributed by atoms with E-state index in [1.165, 1.54) is 11.0 Å². The number of nitrogens with zero attached hydrogens (tertiary/aromatic N) is 4. The third kappa shape index (κ3) is 4.52. The van der Waals surface area contributed by atoms with Crippen LogP contribution >= 0.6 is 11.6 Å². The Morgan fingerprint density at radius 3 is 2.87 bits per heavy atom. The van der Waals surface area contributed by atoms with Gasteiger partial charge in [-0.05, 0) is 55.7 Å². The summed E-state index contributed by atoms with van der Waals surface area (Å²) in [6.45, 7) is 3.17. The van der Waals surface area contributed by atoms with E-state index in [1.807, 2.05) is 12.1 Å². The summed E-state index contributed by atoms with van der Waals surface area (Å²) in [5.74, 6) is -1.64. The Hall–Kier alpha value is -3.14. The Kier molecular flexibility index (Phi) is 6.32. The van der Waals surface area contributed by atoms with Gasteiger partial charge in [0.05, 0.1) is 23.4 Å². The van der Waals surface area contributed by atoms with Crippen molar-refractivity contribution in [1.82, 2.24) is 14.5 Å². The standard InChI is InChI=1S/C27H31ClF2N6O2/c1-3-15-5-4-10-36(13-15)26-31-12-19(28)24(34-26)32-17-8-9-20-18(11-17)21-22(25(37)35(20)2)38-14-27(29,30)23(33-21)16-6-7-16/h8-9,11-12,15-16,23,33H,3-7,10,13-14H2,1-2H3,(H,31,32,34)/t15-,23+/m1/s1. The molecule has 4 heterocycles. The highest BCUT2D eigenvalue weighted by molar-refractivity contribution is 6.32. The highest BCUT2D eigenvalue weighted by Crippen LogP contribution is 2.45. The number of fused-ring (bicyclic) bond motifs is 3. The zero-order valence-corrected chi connectivity index (χ0v) is 22.2. The van der Waals surface area contributed by atoms with Crippen molar-refractivity contribution in [2.24, 2.45) is 18.9 Å². The number of alkyl halides is 2. The van der Waals surface area contributed by atoms with E-state index >= 15 is 0 Å². The summed E-state index contributed by atoms with van der Waals surface area (Å²) >= 11 is 6.47. The fourth-order valence-corrected chi connectivity index (χ4v) is 5.74. The molecular weight excluding hydrogens is 514 g/mol. The molecule has 1 saturated heterocycles. The summed E-state index contributed by atoms with van der Waals surface area (Å²) in [6, 6.07) is 4.31. The van der Waals surface area contributed by atoms with Gasteiger partial charge in [0.2, 0.25) is 11.7 Å². The molecule has 3 aromatic rings. The fourth-order valence-electron chi connectivity index (χ4n) is 5.60. The highest BCUT2D eigenvalue weighted by Gasteiger charge is 2.51. The average Bonchev–Trinajstić information content (AvgIpc) is 3.76. The molecule has 2 aliphatic heterocycles. The van der Waals surface area contributed by atoms with Crippen molar-refractivity contribution < 1.29 is 13.5 Å². The summed E-state index contributed by atoms with van der Waals surface area (Å²) in [6.07, 6.45) is 6.46. The number of anilines is 4. The molecule has 2 fully saturated rings. The molecule has 202 valence electrons. The first kappa shape index (κ1) is 25.2. The molecule has 2 atom stereocenters. The van der Waals surface area contributed by atoms with Gasteiger partial charge in [-0.1, -0.05) is 24.9 Å². The molecule has 2 N–H and O–H groups in total. The molecule has 6 rings (SSSR count). The van der Waals surface area contributed by atoms with Gasteiger partial charge in [0.1, 0.15) is 5.02 Å². The van der Waals surface area contributed by atoms with Crippen molar-refractivity contribution in [3.63, 3.8) is 0 Å². The van der Waals surface area contributed by atoms with Crippen LogP contribution in [0, 0.1) is 11.8 Å². The van der Waals surface area contributed by atoms with E-state index in [9.17, 15) is 13.6 Å². The Morgan fingerprint density at radius 1 is 1.29 bits per heavy atom. The molecular formula is C27H31ClF2N6O2. The molecule has 0 bridgehead atoms. The lowest BCUT2D eigenvalue weighted by molar-refractivity contribution is -0.0579. The number of hydrogen-bond donors (Lipinski definition) is 2. The van der Waals surface area contributed by atoms with E-state index in [0.29, 0.717) is 45.0 Å². The summed E-state index contributed by atoms with van der Waals surface area (Å²) in [4.78, 5) is 24.4. The quantitative estimate of drug-likeness (QED) is 0.434. The van der Waals surface area contributed by atoms with Crippen molar-refractivity contribution in [2.45, 2.75) is 51.0 Å². The van der Waals surface area contributed by atoms with Gasteiger partial charge in [-0.3, -0.25) is 4.79 Å². The number of benzene rings is 1. The molecule has 2 aromatic heterocycles. The minimum atomic E-state index is -3.09. The number of hydrogen-bond acceptors (Lipinski definition) is 7. The number of rotatable bonds is 5. The van der Waals surface area contributed by atoms with Crippen LogP contribution in [0.1, 0.15) is 39.0 Å².